The Hall–Kier alpha value is -0.780. The summed E-state index contributed by atoms with van der Waals surface area (Å²) < 4.78 is 0. The van der Waals surface area contributed by atoms with Gasteiger partial charge in [0.05, 0.1) is 0 Å². The van der Waals surface area contributed by atoms with Crippen LogP contribution < -0.4 is 0 Å². The fourth-order valence-electron chi connectivity index (χ4n) is 4.49. The van der Waals surface area contributed by atoms with E-state index in [1.807, 2.05) is 6.08 Å². The molecule has 0 N–H and O–H groups in total. The van der Waals surface area contributed by atoms with Gasteiger partial charge >= 0.3 is 0 Å². The summed E-state index contributed by atoms with van der Waals surface area (Å²) in [5.41, 5.74) is 3.81. The van der Waals surface area contributed by atoms with Gasteiger partial charge in [0.25, 0.3) is 0 Å². The van der Waals surface area contributed by atoms with Crippen molar-refractivity contribution in [2.75, 3.05) is 0 Å². The van der Waals surface area contributed by atoms with Gasteiger partial charge in [0.15, 0.2) is 0 Å². The third-order valence-corrected chi connectivity index (χ3v) is 6.34. The predicted octanol–water partition coefficient (Wildman–Crippen LogP) is 6.31. The van der Waals surface area contributed by atoms with Gasteiger partial charge in [-0.1, -0.05) is 70.6 Å². The molecule has 0 heterocycles. The average Bonchev–Trinajstić information content (AvgIpc) is 2.40. The molecule has 0 nitrogen and oxygen atoms in total. The number of fused-ring (bicyclic) bond motifs is 1. The average molecular weight is 272 g/mol. The van der Waals surface area contributed by atoms with Crippen molar-refractivity contribution in [3.63, 3.8) is 0 Å². The maximum atomic E-state index is 4.11. The standard InChI is InChI=1S/C20H32/c1-7-15(2)12-14-20(6)16(3)10-11-17-18(20)9-8-13-19(17,4)5/h7,11,16,18H,1-2,8-10,12-14H2,3-6H3/t16-,18+,20+/m0/s1. The molecule has 0 aromatic rings. The van der Waals surface area contributed by atoms with Crippen LogP contribution in [0.25, 0.3) is 0 Å². The molecule has 0 saturated heterocycles. The Labute approximate surface area is 126 Å². The van der Waals surface area contributed by atoms with Gasteiger partial charge in [-0.05, 0) is 54.8 Å². The summed E-state index contributed by atoms with van der Waals surface area (Å²) in [6, 6.07) is 0. The molecule has 0 aromatic carbocycles. The first-order chi connectivity index (χ1) is 9.31. The minimum Gasteiger partial charge on any atom is -0.0988 e. The first kappa shape index (κ1) is 15.6. The fraction of sp³-hybridized carbons (Fsp3) is 0.700. The van der Waals surface area contributed by atoms with Gasteiger partial charge in [0, 0.05) is 0 Å². The largest absolute Gasteiger partial charge is 0.0988 e. The third-order valence-electron chi connectivity index (χ3n) is 6.34. The second-order valence-electron chi connectivity index (χ2n) is 7.99. The van der Waals surface area contributed by atoms with Crippen LogP contribution in [0.1, 0.15) is 66.2 Å². The topological polar surface area (TPSA) is 0 Å². The Morgan fingerprint density at radius 3 is 2.75 bits per heavy atom. The van der Waals surface area contributed by atoms with Crippen molar-refractivity contribution in [1.82, 2.24) is 0 Å². The minimum absolute atomic E-state index is 0.416. The lowest BCUT2D eigenvalue weighted by molar-refractivity contribution is 0.0586. The lowest BCUT2D eigenvalue weighted by atomic mass is 9.52. The van der Waals surface area contributed by atoms with E-state index < -0.39 is 0 Å². The summed E-state index contributed by atoms with van der Waals surface area (Å²) in [5.74, 6) is 1.57. The van der Waals surface area contributed by atoms with Gasteiger partial charge in [-0.3, -0.25) is 0 Å². The van der Waals surface area contributed by atoms with Crippen LogP contribution in [0, 0.1) is 22.7 Å². The van der Waals surface area contributed by atoms with Crippen molar-refractivity contribution >= 4 is 0 Å². The zero-order valence-electron chi connectivity index (χ0n) is 14.0. The number of hydrogen-bond donors (Lipinski definition) is 0. The lowest BCUT2D eigenvalue weighted by Gasteiger charge is -2.53. The van der Waals surface area contributed by atoms with Crippen molar-refractivity contribution in [1.29, 1.82) is 0 Å². The Morgan fingerprint density at radius 1 is 1.40 bits per heavy atom. The van der Waals surface area contributed by atoms with Crippen LogP contribution in [0.3, 0.4) is 0 Å². The highest BCUT2D eigenvalue weighted by Crippen LogP contribution is 2.58. The smallest absolute Gasteiger partial charge is 0.0141 e. The van der Waals surface area contributed by atoms with Gasteiger partial charge in [0.1, 0.15) is 0 Å². The zero-order chi connectivity index (χ0) is 15.0. The van der Waals surface area contributed by atoms with Crippen LogP contribution in [0.2, 0.25) is 0 Å². The normalized spacial score (nSPS) is 35.9. The van der Waals surface area contributed by atoms with Crippen molar-refractivity contribution in [3.05, 3.63) is 36.5 Å². The van der Waals surface area contributed by atoms with Gasteiger partial charge in [-0.25, -0.2) is 0 Å². The molecule has 2 aliphatic carbocycles. The van der Waals surface area contributed by atoms with E-state index in [9.17, 15) is 0 Å². The summed E-state index contributed by atoms with van der Waals surface area (Å²) in [6.07, 6.45) is 12.3. The Bertz CT molecular complexity index is 423. The number of allylic oxidation sites excluding steroid dienone is 4. The maximum absolute atomic E-state index is 4.11. The van der Waals surface area contributed by atoms with E-state index in [0.717, 1.165) is 18.3 Å². The Kier molecular flexibility index (Phi) is 4.33. The second-order valence-corrected chi connectivity index (χ2v) is 7.99. The molecule has 1 saturated carbocycles. The first-order valence-corrected chi connectivity index (χ1v) is 8.32. The molecule has 0 aliphatic heterocycles. The first-order valence-electron chi connectivity index (χ1n) is 8.32. The second kappa shape index (κ2) is 5.54. The van der Waals surface area contributed by atoms with Gasteiger partial charge in [-0.2, -0.15) is 0 Å². The van der Waals surface area contributed by atoms with E-state index >= 15 is 0 Å². The summed E-state index contributed by atoms with van der Waals surface area (Å²) >= 11 is 0. The molecule has 0 unspecified atom stereocenters. The summed E-state index contributed by atoms with van der Waals surface area (Å²) in [7, 11) is 0. The minimum atomic E-state index is 0.416. The summed E-state index contributed by atoms with van der Waals surface area (Å²) in [4.78, 5) is 0. The fourth-order valence-corrected chi connectivity index (χ4v) is 4.49. The molecule has 20 heavy (non-hydrogen) atoms. The zero-order valence-corrected chi connectivity index (χ0v) is 14.0. The Balaban J connectivity index is 2.25. The molecule has 2 rings (SSSR count). The van der Waals surface area contributed by atoms with Crippen molar-refractivity contribution in [3.8, 4) is 0 Å². The molecule has 0 aromatic heterocycles. The highest BCUT2D eigenvalue weighted by molar-refractivity contribution is 5.25. The molecule has 2 aliphatic rings. The lowest BCUT2D eigenvalue weighted by Crippen LogP contribution is -2.43. The van der Waals surface area contributed by atoms with Crippen LogP contribution >= 0.6 is 0 Å². The van der Waals surface area contributed by atoms with Crippen LogP contribution in [-0.2, 0) is 0 Å². The van der Waals surface area contributed by atoms with Gasteiger partial charge < -0.3 is 0 Å². The molecule has 0 radical (unpaired) electrons. The van der Waals surface area contributed by atoms with Crippen LogP contribution in [0.15, 0.2) is 36.5 Å². The van der Waals surface area contributed by atoms with E-state index in [0.29, 0.717) is 10.8 Å². The highest BCUT2D eigenvalue weighted by atomic mass is 14.5. The molecular formula is C20H32. The van der Waals surface area contributed by atoms with Crippen molar-refractivity contribution in [2.45, 2.75) is 66.2 Å². The molecule has 3 atom stereocenters. The number of rotatable bonds is 4. The molecular weight excluding hydrogens is 240 g/mol. The predicted molar refractivity (Wildman–Crippen MR) is 89.7 cm³/mol. The Morgan fingerprint density at radius 2 is 2.10 bits per heavy atom. The molecule has 0 amide bonds. The molecule has 112 valence electrons. The highest BCUT2D eigenvalue weighted by Gasteiger charge is 2.47. The van der Waals surface area contributed by atoms with Crippen LogP contribution in [0.4, 0.5) is 0 Å². The number of hydrogen-bond acceptors (Lipinski definition) is 0. The molecule has 1 fully saturated rings. The van der Waals surface area contributed by atoms with E-state index in [-0.39, 0.29) is 0 Å². The van der Waals surface area contributed by atoms with E-state index in [4.69, 9.17) is 0 Å². The summed E-state index contributed by atoms with van der Waals surface area (Å²) in [5, 5.41) is 0. The molecule has 0 heteroatoms. The SMILES string of the molecule is C=CC(=C)CC[C@@]1(C)[C@@H]2CCCC(C)(C)C2=CC[C@@H]1C. The third kappa shape index (κ3) is 2.67. The van der Waals surface area contributed by atoms with E-state index in [1.54, 1.807) is 5.57 Å². The van der Waals surface area contributed by atoms with Crippen LogP contribution in [-0.4, -0.2) is 0 Å². The van der Waals surface area contributed by atoms with Gasteiger partial charge in [0.2, 0.25) is 0 Å². The van der Waals surface area contributed by atoms with Crippen molar-refractivity contribution in [2.24, 2.45) is 22.7 Å². The molecule has 0 spiro atoms. The summed E-state index contributed by atoms with van der Waals surface area (Å²) in [6.45, 7) is 17.9. The van der Waals surface area contributed by atoms with E-state index in [2.05, 4.69) is 46.9 Å². The van der Waals surface area contributed by atoms with E-state index in [1.165, 1.54) is 37.7 Å². The van der Waals surface area contributed by atoms with Crippen molar-refractivity contribution < 1.29 is 0 Å². The monoisotopic (exact) mass is 272 g/mol. The molecule has 0 bridgehead atoms. The maximum Gasteiger partial charge on any atom is -0.0141 e. The van der Waals surface area contributed by atoms with Gasteiger partial charge in [-0.15, -0.1) is 0 Å². The quantitative estimate of drug-likeness (QED) is 0.415. The van der Waals surface area contributed by atoms with Crippen LogP contribution in [0.5, 0.6) is 0 Å².